The normalized spacial score (nSPS) is 17.0. The molecule has 0 spiro atoms. The fourth-order valence-corrected chi connectivity index (χ4v) is 3.90. The van der Waals surface area contributed by atoms with E-state index in [-0.39, 0.29) is 17.6 Å². The van der Waals surface area contributed by atoms with Gasteiger partial charge in [0, 0.05) is 23.6 Å². The molecule has 6 heteroatoms. The quantitative estimate of drug-likeness (QED) is 0.538. The van der Waals surface area contributed by atoms with E-state index in [9.17, 15) is 9.59 Å². The molecule has 0 saturated carbocycles. The molecule has 0 radical (unpaired) electrons. The van der Waals surface area contributed by atoms with Gasteiger partial charge in [-0.1, -0.05) is 29.8 Å². The number of ether oxygens (including phenoxy) is 1. The van der Waals surface area contributed by atoms with E-state index >= 15 is 0 Å². The third kappa shape index (κ3) is 5.34. The number of furan rings is 1. The Morgan fingerprint density at radius 2 is 1.76 bits per heavy atom. The van der Waals surface area contributed by atoms with Crippen molar-refractivity contribution in [2.45, 2.75) is 45.8 Å². The zero-order chi connectivity index (χ0) is 23.6. The van der Waals surface area contributed by atoms with Crippen molar-refractivity contribution in [2.24, 2.45) is 0 Å². The molecule has 0 aliphatic carbocycles. The molecular formula is C27H28N2O4. The summed E-state index contributed by atoms with van der Waals surface area (Å²) in [7, 11) is 0. The Hall–Kier alpha value is -3.80. The fourth-order valence-electron chi connectivity index (χ4n) is 3.90. The van der Waals surface area contributed by atoms with Crippen molar-refractivity contribution >= 4 is 17.9 Å². The Morgan fingerprint density at radius 3 is 2.45 bits per heavy atom. The van der Waals surface area contributed by atoms with Crippen molar-refractivity contribution in [3.05, 3.63) is 94.6 Å². The molecule has 3 aromatic rings. The van der Waals surface area contributed by atoms with Crippen LogP contribution in [0.5, 0.6) is 5.75 Å². The third-order valence-corrected chi connectivity index (χ3v) is 5.57. The average Bonchev–Trinajstić information content (AvgIpc) is 3.25. The van der Waals surface area contributed by atoms with Gasteiger partial charge in [-0.15, -0.1) is 0 Å². The summed E-state index contributed by atoms with van der Waals surface area (Å²) >= 11 is 0. The summed E-state index contributed by atoms with van der Waals surface area (Å²) in [5.74, 6) is 0.455. The van der Waals surface area contributed by atoms with Gasteiger partial charge < -0.3 is 19.8 Å². The molecule has 6 nitrogen and oxygen atoms in total. The van der Waals surface area contributed by atoms with E-state index in [0.29, 0.717) is 17.7 Å². The number of fused-ring (bicyclic) bond motifs is 1. The number of carbonyl (C=O) groups excluding carboxylic acids is 2. The minimum absolute atomic E-state index is 0.105. The molecular weight excluding hydrogens is 416 g/mol. The summed E-state index contributed by atoms with van der Waals surface area (Å²) in [6.07, 6.45) is 3.64. The highest BCUT2D eigenvalue weighted by Gasteiger charge is 2.35. The molecule has 2 N–H and O–H groups in total. The molecule has 33 heavy (non-hydrogen) atoms. The second-order valence-corrected chi connectivity index (χ2v) is 9.03. The number of nitrogens with one attached hydrogen (secondary N) is 2. The van der Waals surface area contributed by atoms with Gasteiger partial charge in [0.1, 0.15) is 22.8 Å². The summed E-state index contributed by atoms with van der Waals surface area (Å²) in [6.45, 7) is 7.95. The first-order valence-corrected chi connectivity index (χ1v) is 10.9. The zero-order valence-electron chi connectivity index (χ0n) is 19.3. The Bertz CT molecular complexity index is 1190. The van der Waals surface area contributed by atoms with Crippen LogP contribution in [0.1, 0.15) is 59.1 Å². The van der Waals surface area contributed by atoms with Gasteiger partial charge in [-0.05, 0) is 63.6 Å². The molecule has 0 unspecified atom stereocenters. The Labute approximate surface area is 193 Å². The summed E-state index contributed by atoms with van der Waals surface area (Å²) in [5, 5.41) is 5.84. The van der Waals surface area contributed by atoms with E-state index < -0.39 is 11.5 Å². The lowest BCUT2D eigenvalue weighted by Crippen LogP contribution is -2.43. The molecule has 2 amide bonds. The van der Waals surface area contributed by atoms with E-state index in [2.05, 4.69) is 10.6 Å². The molecule has 1 aliphatic rings. The van der Waals surface area contributed by atoms with Gasteiger partial charge >= 0.3 is 0 Å². The lowest BCUT2D eigenvalue weighted by atomic mass is 9.89. The van der Waals surface area contributed by atoms with Gasteiger partial charge in [0.15, 0.2) is 0 Å². The highest BCUT2D eigenvalue weighted by Crippen LogP contribution is 2.40. The van der Waals surface area contributed by atoms with Crippen LogP contribution < -0.4 is 15.4 Å². The smallest absolute Gasteiger partial charge is 0.268 e. The lowest BCUT2D eigenvalue weighted by molar-refractivity contribution is -0.119. The van der Waals surface area contributed by atoms with Crippen molar-refractivity contribution < 1.29 is 18.7 Å². The van der Waals surface area contributed by atoms with E-state index in [1.807, 2.05) is 58.0 Å². The predicted molar refractivity (Wildman–Crippen MR) is 127 cm³/mol. The molecule has 0 bridgehead atoms. The molecule has 0 fully saturated rings. The summed E-state index contributed by atoms with van der Waals surface area (Å²) in [5.41, 5.74) is 3.16. The lowest BCUT2D eigenvalue weighted by Gasteiger charge is -2.38. The minimum atomic E-state index is -0.450. The van der Waals surface area contributed by atoms with E-state index in [0.717, 1.165) is 22.4 Å². The molecule has 1 aromatic heterocycles. The topological polar surface area (TPSA) is 80.6 Å². The highest BCUT2D eigenvalue weighted by molar-refractivity contribution is 6.05. The largest absolute Gasteiger partial charge is 0.487 e. The summed E-state index contributed by atoms with van der Waals surface area (Å²) in [4.78, 5) is 26.2. The monoisotopic (exact) mass is 444 g/mol. The van der Waals surface area contributed by atoms with Gasteiger partial charge in [0.25, 0.3) is 11.8 Å². The number of aryl methyl sites for hydroxylation is 2. The fraction of sp³-hybridized carbons (Fsp3) is 0.259. The second-order valence-electron chi connectivity index (χ2n) is 9.03. The second kappa shape index (κ2) is 8.98. The van der Waals surface area contributed by atoms with Crippen LogP contribution in [-0.2, 0) is 4.79 Å². The van der Waals surface area contributed by atoms with Crippen LogP contribution in [-0.4, -0.2) is 17.4 Å². The Kier molecular flexibility index (Phi) is 6.09. The van der Waals surface area contributed by atoms with Gasteiger partial charge in [-0.3, -0.25) is 9.59 Å². The number of amides is 2. The van der Waals surface area contributed by atoms with Crippen LogP contribution in [0.25, 0.3) is 6.08 Å². The summed E-state index contributed by atoms with van der Waals surface area (Å²) in [6, 6.07) is 16.3. The SMILES string of the molecule is Cc1ccc(C(=O)N/C(=C\c2ccco2)C(=O)N[C@H]2CC(C)(C)Oc3cc(C)ccc32)cc1. The molecule has 2 aromatic carbocycles. The summed E-state index contributed by atoms with van der Waals surface area (Å²) < 4.78 is 11.5. The maximum Gasteiger partial charge on any atom is 0.268 e. The molecule has 1 aliphatic heterocycles. The number of rotatable bonds is 5. The minimum Gasteiger partial charge on any atom is -0.487 e. The van der Waals surface area contributed by atoms with Crippen molar-refractivity contribution in [1.82, 2.24) is 10.6 Å². The van der Waals surface area contributed by atoms with E-state index in [1.54, 1.807) is 24.3 Å². The van der Waals surface area contributed by atoms with Crippen molar-refractivity contribution in [1.29, 1.82) is 0 Å². The zero-order valence-corrected chi connectivity index (χ0v) is 19.3. The van der Waals surface area contributed by atoms with Gasteiger partial charge in [0.05, 0.1) is 12.3 Å². The Balaban J connectivity index is 1.61. The first-order chi connectivity index (χ1) is 15.7. The molecule has 2 heterocycles. The number of benzene rings is 2. The Morgan fingerprint density at radius 1 is 1.03 bits per heavy atom. The maximum atomic E-state index is 13.4. The molecule has 1 atom stereocenters. The first-order valence-electron chi connectivity index (χ1n) is 10.9. The molecule has 0 saturated heterocycles. The van der Waals surface area contributed by atoms with Gasteiger partial charge in [0.2, 0.25) is 0 Å². The van der Waals surface area contributed by atoms with Crippen LogP contribution in [0.3, 0.4) is 0 Å². The van der Waals surface area contributed by atoms with Gasteiger partial charge in [-0.2, -0.15) is 0 Å². The van der Waals surface area contributed by atoms with E-state index in [4.69, 9.17) is 9.15 Å². The highest BCUT2D eigenvalue weighted by atomic mass is 16.5. The van der Waals surface area contributed by atoms with Crippen LogP contribution in [0.4, 0.5) is 0 Å². The van der Waals surface area contributed by atoms with Crippen LogP contribution in [0, 0.1) is 13.8 Å². The van der Waals surface area contributed by atoms with Crippen LogP contribution >= 0.6 is 0 Å². The number of hydrogen-bond acceptors (Lipinski definition) is 4. The number of hydrogen-bond donors (Lipinski definition) is 2. The standard InChI is InChI=1S/C27H28N2O4/c1-17-7-10-19(11-8-17)25(30)28-22(15-20-6-5-13-32-20)26(31)29-23-16-27(3,4)33-24-14-18(2)9-12-21(23)24/h5-15,23H,16H2,1-4H3,(H,28,30)(H,29,31)/b22-15-/t23-/m0/s1. The third-order valence-electron chi connectivity index (χ3n) is 5.57. The molecule has 170 valence electrons. The van der Waals surface area contributed by atoms with Gasteiger partial charge in [-0.25, -0.2) is 0 Å². The van der Waals surface area contributed by atoms with Crippen LogP contribution in [0.2, 0.25) is 0 Å². The molecule has 4 rings (SSSR count). The maximum absolute atomic E-state index is 13.4. The van der Waals surface area contributed by atoms with Crippen LogP contribution in [0.15, 0.2) is 71.0 Å². The predicted octanol–water partition coefficient (Wildman–Crippen LogP) is 5.09. The van der Waals surface area contributed by atoms with Crippen molar-refractivity contribution in [2.75, 3.05) is 0 Å². The van der Waals surface area contributed by atoms with E-state index in [1.165, 1.54) is 12.3 Å². The average molecular weight is 445 g/mol. The van der Waals surface area contributed by atoms with Crippen molar-refractivity contribution in [3.63, 3.8) is 0 Å². The van der Waals surface area contributed by atoms with Crippen molar-refractivity contribution in [3.8, 4) is 5.75 Å². The first kappa shape index (κ1) is 22.4. The number of carbonyl (C=O) groups is 2.